The van der Waals surface area contributed by atoms with Gasteiger partial charge in [0.1, 0.15) is 0 Å². The van der Waals surface area contributed by atoms with Crippen LogP contribution in [-0.2, 0) is 0 Å². The smallest absolute Gasteiger partial charge is 0.0170 e. The van der Waals surface area contributed by atoms with Crippen LogP contribution in [0.1, 0.15) is 47.0 Å². The van der Waals surface area contributed by atoms with Crippen molar-refractivity contribution < 1.29 is 0 Å². The molecule has 1 unspecified atom stereocenters. The summed E-state index contributed by atoms with van der Waals surface area (Å²) in [6, 6.07) is 0.355. The second kappa shape index (κ2) is 8.25. The molecular formula is C12H28N2. The van der Waals surface area contributed by atoms with Crippen molar-refractivity contribution in [2.75, 3.05) is 19.6 Å². The Morgan fingerprint density at radius 3 is 1.93 bits per heavy atom. The molecule has 0 radical (unpaired) electrons. The van der Waals surface area contributed by atoms with Crippen molar-refractivity contribution >= 4 is 0 Å². The van der Waals surface area contributed by atoms with E-state index in [9.17, 15) is 0 Å². The van der Waals surface area contributed by atoms with Gasteiger partial charge in [-0.15, -0.1) is 0 Å². The third kappa shape index (κ3) is 7.34. The molecule has 0 aromatic carbocycles. The maximum absolute atomic E-state index is 6.09. The van der Waals surface area contributed by atoms with Crippen molar-refractivity contribution in [2.24, 2.45) is 11.7 Å². The Kier molecular flexibility index (Phi) is 8.20. The third-order valence-corrected chi connectivity index (χ3v) is 2.35. The lowest BCUT2D eigenvalue weighted by Crippen LogP contribution is -2.39. The maximum atomic E-state index is 6.09. The highest BCUT2D eigenvalue weighted by Gasteiger charge is 2.10. The van der Waals surface area contributed by atoms with Crippen LogP contribution >= 0.6 is 0 Å². The first-order valence-corrected chi connectivity index (χ1v) is 6.08. The van der Waals surface area contributed by atoms with E-state index < -0.39 is 0 Å². The normalized spacial score (nSPS) is 13.9. The second-order valence-electron chi connectivity index (χ2n) is 4.69. The van der Waals surface area contributed by atoms with Crippen LogP contribution in [0.5, 0.6) is 0 Å². The Bertz CT molecular complexity index is 117. The highest BCUT2D eigenvalue weighted by atomic mass is 15.1. The van der Waals surface area contributed by atoms with E-state index >= 15 is 0 Å². The van der Waals surface area contributed by atoms with Crippen LogP contribution < -0.4 is 5.73 Å². The molecule has 0 spiro atoms. The predicted molar refractivity (Wildman–Crippen MR) is 64.5 cm³/mol. The molecule has 0 aliphatic rings. The minimum atomic E-state index is 0.355. The molecule has 0 fully saturated rings. The fraction of sp³-hybridized carbons (Fsp3) is 1.00. The largest absolute Gasteiger partial charge is 0.327 e. The van der Waals surface area contributed by atoms with Gasteiger partial charge >= 0.3 is 0 Å². The first-order chi connectivity index (χ1) is 6.60. The van der Waals surface area contributed by atoms with Crippen LogP contribution in [-0.4, -0.2) is 30.6 Å². The summed E-state index contributed by atoms with van der Waals surface area (Å²) in [7, 11) is 0. The lowest BCUT2D eigenvalue weighted by Gasteiger charge is -2.25. The molecule has 0 rings (SSSR count). The van der Waals surface area contributed by atoms with Gasteiger partial charge in [0.15, 0.2) is 0 Å². The van der Waals surface area contributed by atoms with E-state index in [0.717, 1.165) is 18.9 Å². The molecule has 0 saturated heterocycles. The van der Waals surface area contributed by atoms with Gasteiger partial charge < -0.3 is 10.6 Å². The molecule has 0 bridgehead atoms. The zero-order valence-corrected chi connectivity index (χ0v) is 10.4. The zero-order valence-electron chi connectivity index (χ0n) is 10.4. The van der Waals surface area contributed by atoms with Crippen molar-refractivity contribution in [3.05, 3.63) is 0 Å². The summed E-state index contributed by atoms with van der Waals surface area (Å²) >= 11 is 0. The van der Waals surface area contributed by atoms with E-state index in [1.54, 1.807) is 0 Å². The minimum Gasteiger partial charge on any atom is -0.327 e. The summed E-state index contributed by atoms with van der Waals surface area (Å²) in [5.41, 5.74) is 6.09. The number of hydrogen-bond donors (Lipinski definition) is 1. The third-order valence-electron chi connectivity index (χ3n) is 2.35. The van der Waals surface area contributed by atoms with E-state index in [0.29, 0.717) is 6.04 Å². The fourth-order valence-electron chi connectivity index (χ4n) is 1.94. The molecule has 86 valence electrons. The summed E-state index contributed by atoms with van der Waals surface area (Å²) in [4.78, 5) is 2.49. The lowest BCUT2D eigenvalue weighted by molar-refractivity contribution is 0.246. The summed E-state index contributed by atoms with van der Waals surface area (Å²) in [5.74, 6) is 0.718. The molecule has 2 N–H and O–H groups in total. The van der Waals surface area contributed by atoms with E-state index in [2.05, 4.69) is 32.6 Å². The molecule has 2 heteroatoms. The van der Waals surface area contributed by atoms with E-state index in [-0.39, 0.29) is 0 Å². The molecule has 0 aliphatic carbocycles. The first kappa shape index (κ1) is 13.9. The zero-order chi connectivity index (χ0) is 11.0. The molecular weight excluding hydrogens is 172 g/mol. The topological polar surface area (TPSA) is 29.3 Å². The van der Waals surface area contributed by atoms with E-state index in [1.807, 2.05) is 0 Å². The van der Waals surface area contributed by atoms with Crippen molar-refractivity contribution in [1.82, 2.24) is 4.90 Å². The Morgan fingerprint density at radius 2 is 1.57 bits per heavy atom. The molecule has 0 amide bonds. The second-order valence-corrected chi connectivity index (χ2v) is 4.69. The Balaban J connectivity index is 3.76. The molecule has 14 heavy (non-hydrogen) atoms. The van der Waals surface area contributed by atoms with Crippen molar-refractivity contribution in [3.63, 3.8) is 0 Å². The quantitative estimate of drug-likeness (QED) is 0.652. The number of rotatable bonds is 8. The highest BCUT2D eigenvalue weighted by Crippen LogP contribution is 2.05. The van der Waals surface area contributed by atoms with Gasteiger partial charge in [-0.25, -0.2) is 0 Å². The summed E-state index contributed by atoms with van der Waals surface area (Å²) in [6.07, 6.45) is 3.60. The van der Waals surface area contributed by atoms with E-state index in [4.69, 9.17) is 5.73 Å². The van der Waals surface area contributed by atoms with Gasteiger partial charge in [0, 0.05) is 12.6 Å². The minimum absolute atomic E-state index is 0.355. The van der Waals surface area contributed by atoms with Gasteiger partial charge in [-0.3, -0.25) is 0 Å². The molecule has 0 aromatic heterocycles. The van der Waals surface area contributed by atoms with E-state index in [1.165, 1.54) is 25.9 Å². The molecule has 0 aromatic rings. The summed E-state index contributed by atoms with van der Waals surface area (Å²) in [5, 5.41) is 0. The van der Waals surface area contributed by atoms with Crippen LogP contribution in [0.25, 0.3) is 0 Å². The van der Waals surface area contributed by atoms with Crippen LogP contribution in [0.3, 0.4) is 0 Å². The van der Waals surface area contributed by atoms with Crippen LogP contribution in [0, 0.1) is 5.92 Å². The molecule has 0 aliphatic heterocycles. The van der Waals surface area contributed by atoms with Crippen molar-refractivity contribution in [2.45, 2.75) is 53.0 Å². The average Bonchev–Trinajstić information content (AvgIpc) is 2.03. The maximum Gasteiger partial charge on any atom is 0.0170 e. The van der Waals surface area contributed by atoms with Gasteiger partial charge in [0.25, 0.3) is 0 Å². The van der Waals surface area contributed by atoms with Gasteiger partial charge in [-0.05, 0) is 38.3 Å². The van der Waals surface area contributed by atoms with Gasteiger partial charge in [0.2, 0.25) is 0 Å². The summed E-state index contributed by atoms with van der Waals surface area (Å²) < 4.78 is 0. The standard InChI is InChI=1S/C12H28N2/c1-5-7-14(8-6-2)10-12(13)9-11(3)4/h11-12H,5-10,13H2,1-4H3. The highest BCUT2D eigenvalue weighted by molar-refractivity contribution is 4.69. The molecule has 0 heterocycles. The number of nitrogens with zero attached hydrogens (tertiary/aromatic N) is 1. The summed E-state index contributed by atoms with van der Waals surface area (Å²) in [6.45, 7) is 12.4. The fourth-order valence-corrected chi connectivity index (χ4v) is 1.94. The Labute approximate surface area is 89.9 Å². The Hall–Kier alpha value is -0.0800. The van der Waals surface area contributed by atoms with Crippen LogP contribution in [0.2, 0.25) is 0 Å². The van der Waals surface area contributed by atoms with Gasteiger partial charge in [-0.1, -0.05) is 27.7 Å². The number of nitrogens with two attached hydrogens (primary N) is 1. The lowest BCUT2D eigenvalue weighted by atomic mass is 10.0. The van der Waals surface area contributed by atoms with Gasteiger partial charge in [-0.2, -0.15) is 0 Å². The molecule has 0 saturated carbocycles. The van der Waals surface area contributed by atoms with Crippen LogP contribution in [0.4, 0.5) is 0 Å². The van der Waals surface area contributed by atoms with Gasteiger partial charge in [0.05, 0.1) is 0 Å². The Morgan fingerprint density at radius 1 is 1.07 bits per heavy atom. The van der Waals surface area contributed by atoms with Crippen molar-refractivity contribution in [3.8, 4) is 0 Å². The van der Waals surface area contributed by atoms with Crippen molar-refractivity contribution in [1.29, 1.82) is 0 Å². The molecule has 2 nitrogen and oxygen atoms in total. The number of hydrogen-bond acceptors (Lipinski definition) is 2. The molecule has 1 atom stereocenters. The van der Waals surface area contributed by atoms with Crippen LogP contribution in [0.15, 0.2) is 0 Å². The SMILES string of the molecule is CCCN(CCC)CC(N)CC(C)C. The monoisotopic (exact) mass is 200 g/mol. The average molecular weight is 200 g/mol. The predicted octanol–water partition coefficient (Wildman–Crippen LogP) is 2.48. The first-order valence-electron chi connectivity index (χ1n) is 6.08.